The van der Waals surface area contributed by atoms with Gasteiger partial charge in [0.2, 0.25) is 0 Å². The number of carbonyl (C=O) groups is 1. The summed E-state index contributed by atoms with van der Waals surface area (Å²) in [5.41, 5.74) is 0.0516. The summed E-state index contributed by atoms with van der Waals surface area (Å²) in [4.78, 5) is 32.3. The predicted molar refractivity (Wildman–Crippen MR) is 78.6 cm³/mol. The van der Waals surface area contributed by atoms with E-state index in [0.717, 1.165) is 11.3 Å². The fourth-order valence-electron chi connectivity index (χ4n) is 1.63. The third-order valence-corrected chi connectivity index (χ3v) is 3.68. The quantitative estimate of drug-likeness (QED) is 0.666. The Labute approximate surface area is 127 Å². The van der Waals surface area contributed by atoms with Crippen LogP contribution in [-0.2, 0) is 0 Å². The van der Waals surface area contributed by atoms with Gasteiger partial charge in [-0.05, 0) is 12.1 Å². The van der Waals surface area contributed by atoms with Crippen molar-refractivity contribution in [1.82, 2.24) is 0 Å². The van der Waals surface area contributed by atoms with E-state index < -0.39 is 15.8 Å². The molecule has 0 radical (unpaired) electrons. The van der Waals surface area contributed by atoms with Crippen LogP contribution in [0.3, 0.4) is 0 Å². The third kappa shape index (κ3) is 3.17. The zero-order valence-corrected chi connectivity index (χ0v) is 12.0. The van der Waals surface area contributed by atoms with Gasteiger partial charge in [0.1, 0.15) is 5.75 Å². The number of rotatable bonds is 5. The van der Waals surface area contributed by atoms with Crippen LogP contribution in [-0.4, -0.2) is 22.9 Å². The number of amides is 1. The van der Waals surface area contributed by atoms with Crippen molar-refractivity contribution in [3.8, 4) is 5.75 Å². The smallest absolute Gasteiger partial charge is 0.324 e. The molecule has 0 saturated carbocycles. The number of nitrogens with zero attached hydrogens (tertiary/aromatic N) is 2. The van der Waals surface area contributed by atoms with Gasteiger partial charge in [0.15, 0.2) is 0 Å². The second-order valence-electron chi connectivity index (χ2n) is 3.99. The minimum absolute atomic E-state index is 0.119. The molecular formula is C12H9N3O6S. The summed E-state index contributed by atoms with van der Waals surface area (Å²) in [6.45, 7) is 0. The zero-order valence-electron chi connectivity index (χ0n) is 11.1. The first-order chi connectivity index (χ1) is 10.4. The number of hydrogen-bond acceptors (Lipinski definition) is 7. The summed E-state index contributed by atoms with van der Waals surface area (Å²) in [7, 11) is 1.31. The number of anilines is 1. The van der Waals surface area contributed by atoms with E-state index >= 15 is 0 Å². The van der Waals surface area contributed by atoms with Crippen molar-refractivity contribution in [2.75, 3.05) is 12.4 Å². The first-order valence-electron chi connectivity index (χ1n) is 5.80. The Bertz CT molecular complexity index is 757. The highest BCUT2D eigenvalue weighted by Gasteiger charge is 2.18. The lowest BCUT2D eigenvalue weighted by molar-refractivity contribution is -0.384. The number of thiophene rings is 1. The number of hydrogen-bond donors (Lipinski definition) is 1. The van der Waals surface area contributed by atoms with Gasteiger partial charge in [-0.2, -0.15) is 0 Å². The van der Waals surface area contributed by atoms with Crippen LogP contribution < -0.4 is 10.1 Å². The fraction of sp³-hybridized carbons (Fsp3) is 0.0833. The average Bonchev–Trinajstić information content (AvgIpc) is 2.97. The molecule has 0 aliphatic rings. The van der Waals surface area contributed by atoms with E-state index in [9.17, 15) is 25.0 Å². The SMILES string of the molecule is COc1cc([N+](=O)[O-])ccc1NC(=O)c1ccc([N+](=O)[O-])s1. The Morgan fingerprint density at radius 1 is 1.18 bits per heavy atom. The summed E-state index contributed by atoms with van der Waals surface area (Å²) in [5, 5.41) is 23.6. The lowest BCUT2D eigenvalue weighted by Crippen LogP contribution is -2.11. The number of carbonyl (C=O) groups excluding carboxylic acids is 1. The van der Waals surface area contributed by atoms with Crippen molar-refractivity contribution in [2.45, 2.75) is 0 Å². The molecule has 1 aromatic carbocycles. The molecular weight excluding hydrogens is 314 g/mol. The van der Waals surface area contributed by atoms with Crippen LogP contribution in [0.15, 0.2) is 30.3 Å². The molecule has 1 aromatic heterocycles. The molecule has 0 bridgehead atoms. The lowest BCUT2D eigenvalue weighted by Gasteiger charge is -2.08. The highest BCUT2D eigenvalue weighted by Crippen LogP contribution is 2.30. The van der Waals surface area contributed by atoms with E-state index in [1.165, 1.54) is 37.4 Å². The summed E-state index contributed by atoms with van der Waals surface area (Å²) in [6.07, 6.45) is 0. The molecule has 0 atom stereocenters. The second kappa shape index (κ2) is 6.18. The summed E-state index contributed by atoms with van der Waals surface area (Å²) in [5.74, 6) is -0.446. The molecule has 2 aromatic rings. The topological polar surface area (TPSA) is 125 Å². The number of methoxy groups -OCH3 is 1. The minimum Gasteiger partial charge on any atom is -0.494 e. The average molecular weight is 323 g/mol. The molecule has 0 aliphatic carbocycles. The van der Waals surface area contributed by atoms with Crippen molar-refractivity contribution in [3.05, 3.63) is 55.4 Å². The van der Waals surface area contributed by atoms with Crippen LogP contribution in [0.5, 0.6) is 5.75 Å². The summed E-state index contributed by atoms with van der Waals surface area (Å²) >= 11 is 0.730. The molecule has 10 heteroatoms. The Morgan fingerprint density at radius 3 is 2.45 bits per heavy atom. The van der Waals surface area contributed by atoms with Crippen LogP contribution in [0.4, 0.5) is 16.4 Å². The minimum atomic E-state index is -0.589. The number of nitro groups is 2. The van der Waals surface area contributed by atoms with Gasteiger partial charge in [-0.1, -0.05) is 11.3 Å². The maximum Gasteiger partial charge on any atom is 0.324 e. The zero-order chi connectivity index (χ0) is 16.3. The van der Waals surface area contributed by atoms with Crippen LogP contribution in [0, 0.1) is 20.2 Å². The maximum absolute atomic E-state index is 12.0. The molecule has 9 nitrogen and oxygen atoms in total. The number of ether oxygens (including phenoxy) is 1. The van der Waals surface area contributed by atoms with Crippen molar-refractivity contribution in [3.63, 3.8) is 0 Å². The number of non-ortho nitro benzene ring substituents is 1. The van der Waals surface area contributed by atoms with Crippen molar-refractivity contribution >= 4 is 33.6 Å². The molecule has 0 spiro atoms. The highest BCUT2D eigenvalue weighted by atomic mass is 32.1. The monoisotopic (exact) mass is 323 g/mol. The second-order valence-corrected chi connectivity index (χ2v) is 5.05. The van der Waals surface area contributed by atoms with E-state index in [-0.39, 0.29) is 27.0 Å². The molecule has 0 aliphatic heterocycles. The summed E-state index contributed by atoms with van der Waals surface area (Å²) in [6, 6.07) is 6.28. The van der Waals surface area contributed by atoms with Crippen LogP contribution in [0.1, 0.15) is 9.67 Å². The van der Waals surface area contributed by atoms with Crippen LogP contribution in [0.25, 0.3) is 0 Å². The Kier molecular flexibility index (Phi) is 4.32. The molecule has 0 saturated heterocycles. The highest BCUT2D eigenvalue weighted by molar-refractivity contribution is 7.17. The van der Waals surface area contributed by atoms with Gasteiger partial charge < -0.3 is 10.1 Å². The Hall–Kier alpha value is -3.01. The third-order valence-electron chi connectivity index (χ3n) is 2.64. The van der Waals surface area contributed by atoms with Gasteiger partial charge >= 0.3 is 5.00 Å². The molecule has 1 N–H and O–H groups in total. The van der Waals surface area contributed by atoms with Gasteiger partial charge in [0.25, 0.3) is 11.6 Å². The summed E-state index contributed by atoms with van der Waals surface area (Å²) < 4.78 is 4.99. The van der Waals surface area contributed by atoms with E-state index in [1.807, 2.05) is 0 Å². The van der Waals surface area contributed by atoms with E-state index in [1.54, 1.807) is 0 Å². The van der Waals surface area contributed by atoms with E-state index in [0.29, 0.717) is 0 Å². The van der Waals surface area contributed by atoms with Crippen molar-refractivity contribution in [1.29, 1.82) is 0 Å². The van der Waals surface area contributed by atoms with Crippen LogP contribution in [0.2, 0.25) is 0 Å². The molecule has 1 amide bonds. The Morgan fingerprint density at radius 2 is 1.91 bits per heavy atom. The molecule has 22 heavy (non-hydrogen) atoms. The van der Waals surface area contributed by atoms with Gasteiger partial charge in [-0.15, -0.1) is 0 Å². The van der Waals surface area contributed by atoms with Gasteiger partial charge in [-0.25, -0.2) is 0 Å². The maximum atomic E-state index is 12.0. The number of nitrogens with one attached hydrogen (secondary N) is 1. The molecule has 2 rings (SSSR count). The Balaban J connectivity index is 2.23. The van der Waals surface area contributed by atoms with Gasteiger partial charge in [0, 0.05) is 12.1 Å². The van der Waals surface area contributed by atoms with Gasteiger partial charge in [-0.3, -0.25) is 25.0 Å². The first kappa shape index (κ1) is 15.4. The standard InChI is InChI=1S/C12H9N3O6S/c1-21-9-6-7(14(17)18)2-3-8(9)13-12(16)10-4-5-11(22-10)15(19)20/h2-6H,1H3,(H,13,16). The fourth-order valence-corrected chi connectivity index (χ4v) is 2.34. The van der Waals surface area contributed by atoms with E-state index in [4.69, 9.17) is 4.74 Å². The van der Waals surface area contributed by atoms with E-state index in [2.05, 4.69) is 5.32 Å². The molecule has 114 valence electrons. The lowest BCUT2D eigenvalue weighted by atomic mass is 10.2. The van der Waals surface area contributed by atoms with Crippen molar-refractivity contribution in [2.24, 2.45) is 0 Å². The first-order valence-corrected chi connectivity index (χ1v) is 6.62. The molecule has 0 fully saturated rings. The largest absolute Gasteiger partial charge is 0.494 e. The molecule has 0 unspecified atom stereocenters. The predicted octanol–water partition coefficient (Wildman–Crippen LogP) is 2.83. The van der Waals surface area contributed by atoms with Gasteiger partial charge in [0.05, 0.1) is 33.6 Å². The normalized spacial score (nSPS) is 10.0. The number of benzene rings is 1. The van der Waals surface area contributed by atoms with Crippen molar-refractivity contribution < 1.29 is 19.4 Å². The number of nitro benzene ring substituents is 1. The molecule has 1 heterocycles. The van der Waals surface area contributed by atoms with Crippen LogP contribution >= 0.6 is 11.3 Å².